The summed E-state index contributed by atoms with van der Waals surface area (Å²) in [5, 5.41) is 10.6. The third kappa shape index (κ3) is 0.714. The van der Waals surface area contributed by atoms with Crippen molar-refractivity contribution >= 4 is 0 Å². The van der Waals surface area contributed by atoms with E-state index < -0.39 is 0 Å². The highest BCUT2D eigenvalue weighted by Gasteiger charge is 2.06. The van der Waals surface area contributed by atoms with E-state index in [0.29, 0.717) is 6.54 Å². The Balaban J connectivity index is 2.45. The van der Waals surface area contributed by atoms with Crippen molar-refractivity contribution in [3.05, 3.63) is 12.3 Å². The van der Waals surface area contributed by atoms with Crippen molar-refractivity contribution in [3.8, 4) is 0 Å². The Morgan fingerprint density at radius 2 is 2.43 bits per heavy atom. The average Bonchev–Trinajstić information content (AvgIpc) is 1.91. The van der Waals surface area contributed by atoms with Crippen molar-refractivity contribution in [2.75, 3.05) is 6.54 Å². The summed E-state index contributed by atoms with van der Waals surface area (Å²) in [6.07, 6.45) is 3.33. The van der Waals surface area contributed by atoms with Crippen LogP contribution in [0.3, 0.4) is 0 Å². The maximum absolute atomic E-state index is 8.57. The molecule has 0 aromatic rings. The summed E-state index contributed by atoms with van der Waals surface area (Å²) < 4.78 is 0. The van der Waals surface area contributed by atoms with Crippen LogP contribution in [0.2, 0.25) is 0 Å². The Labute approximate surface area is 41.3 Å². The van der Waals surface area contributed by atoms with Gasteiger partial charge in [0.25, 0.3) is 0 Å². The van der Waals surface area contributed by atoms with Gasteiger partial charge in [0, 0.05) is 6.20 Å². The zero-order chi connectivity index (χ0) is 5.28. The summed E-state index contributed by atoms with van der Waals surface area (Å²) in [6.45, 7) is 0.483. The van der Waals surface area contributed by atoms with Crippen LogP contribution in [0, 0.1) is 0 Å². The van der Waals surface area contributed by atoms with Crippen molar-refractivity contribution in [2.45, 2.75) is 0 Å². The number of nitrogens with two attached hydrogens (primary N) is 1. The van der Waals surface area contributed by atoms with Gasteiger partial charge in [-0.1, -0.05) is 5.17 Å². The highest BCUT2D eigenvalue weighted by atomic mass is 16.6. The average molecular weight is 101 g/mol. The van der Waals surface area contributed by atoms with Crippen molar-refractivity contribution in [1.82, 2.24) is 10.3 Å². The molecule has 0 unspecified atom stereocenters. The second kappa shape index (κ2) is 1.49. The first-order valence-electron chi connectivity index (χ1n) is 1.97. The Hall–Kier alpha value is -0.580. The van der Waals surface area contributed by atoms with Crippen molar-refractivity contribution in [2.24, 2.45) is 5.84 Å². The molecule has 1 rings (SSSR count). The number of hydrazine groups is 2. The van der Waals surface area contributed by atoms with Crippen LogP contribution in [0.15, 0.2) is 12.3 Å². The molecule has 0 bridgehead atoms. The van der Waals surface area contributed by atoms with Crippen LogP contribution in [-0.2, 0) is 0 Å². The first kappa shape index (κ1) is 4.58. The molecule has 1 heterocycles. The molecule has 0 spiro atoms. The predicted octanol–water partition coefficient (Wildman–Crippen LogP) is -0.704. The molecule has 0 amide bonds. The Morgan fingerprint density at radius 1 is 1.71 bits per heavy atom. The van der Waals surface area contributed by atoms with Crippen LogP contribution < -0.4 is 5.84 Å². The minimum atomic E-state index is 0.483. The van der Waals surface area contributed by atoms with Crippen molar-refractivity contribution in [1.29, 1.82) is 0 Å². The Bertz CT molecular complexity index is 92.2. The fourth-order valence-corrected chi connectivity index (χ4v) is 0.421. The van der Waals surface area contributed by atoms with E-state index in [9.17, 15) is 0 Å². The summed E-state index contributed by atoms with van der Waals surface area (Å²) in [4.78, 5) is 0. The second-order valence-electron chi connectivity index (χ2n) is 1.32. The molecule has 0 fully saturated rings. The van der Waals surface area contributed by atoms with Gasteiger partial charge in [-0.3, -0.25) is 5.21 Å². The molecule has 40 valence electrons. The van der Waals surface area contributed by atoms with Gasteiger partial charge in [-0.15, -0.1) is 0 Å². The van der Waals surface area contributed by atoms with Gasteiger partial charge in [-0.2, -0.15) is 0 Å². The topological polar surface area (TPSA) is 52.7 Å². The molecule has 4 nitrogen and oxygen atoms in total. The van der Waals surface area contributed by atoms with Crippen molar-refractivity contribution in [3.63, 3.8) is 0 Å². The molecule has 0 saturated carbocycles. The van der Waals surface area contributed by atoms with E-state index in [1.165, 1.54) is 0 Å². The number of hydrogen-bond acceptors (Lipinski definition) is 4. The third-order valence-corrected chi connectivity index (χ3v) is 0.793. The lowest BCUT2D eigenvalue weighted by molar-refractivity contribution is -0.207. The minimum Gasteiger partial charge on any atom is -0.293 e. The first-order valence-corrected chi connectivity index (χ1v) is 1.97. The van der Waals surface area contributed by atoms with E-state index in [1.54, 1.807) is 12.3 Å². The van der Waals surface area contributed by atoms with E-state index in [-0.39, 0.29) is 0 Å². The summed E-state index contributed by atoms with van der Waals surface area (Å²) >= 11 is 0. The van der Waals surface area contributed by atoms with Gasteiger partial charge in [-0.25, -0.2) is 11.0 Å². The maximum Gasteiger partial charge on any atom is 0.0665 e. The van der Waals surface area contributed by atoms with Crippen LogP contribution >= 0.6 is 0 Å². The Kier molecular flexibility index (Phi) is 0.976. The van der Waals surface area contributed by atoms with Gasteiger partial charge in [0.1, 0.15) is 0 Å². The van der Waals surface area contributed by atoms with Gasteiger partial charge >= 0.3 is 0 Å². The number of hydrogen-bond donors (Lipinski definition) is 2. The number of nitrogens with zero attached hydrogens (tertiary/aromatic N) is 2. The first-order chi connectivity index (χ1) is 3.30. The zero-order valence-corrected chi connectivity index (χ0v) is 3.78. The van der Waals surface area contributed by atoms with E-state index >= 15 is 0 Å². The molecular weight excluding hydrogens is 94.1 g/mol. The van der Waals surface area contributed by atoms with Gasteiger partial charge in [0.15, 0.2) is 0 Å². The molecule has 1 aliphatic rings. The summed E-state index contributed by atoms with van der Waals surface area (Å²) in [7, 11) is 0. The standard InChI is InChI=1S/C3H7N3O/c4-5-2-1-3-6(5)7/h1-2,7H,3-4H2. The van der Waals surface area contributed by atoms with Crippen LogP contribution in [0.5, 0.6) is 0 Å². The van der Waals surface area contributed by atoms with Crippen LogP contribution in [-0.4, -0.2) is 22.0 Å². The predicted molar refractivity (Wildman–Crippen MR) is 23.7 cm³/mol. The molecule has 4 heteroatoms. The number of hydroxylamine groups is 1. The third-order valence-electron chi connectivity index (χ3n) is 0.793. The Morgan fingerprint density at radius 3 is 2.57 bits per heavy atom. The molecule has 7 heavy (non-hydrogen) atoms. The highest BCUT2D eigenvalue weighted by Crippen LogP contribution is 1.95. The van der Waals surface area contributed by atoms with E-state index in [1.807, 2.05) is 0 Å². The smallest absolute Gasteiger partial charge is 0.0665 e. The maximum atomic E-state index is 8.57. The molecule has 0 aliphatic carbocycles. The minimum absolute atomic E-state index is 0.483. The monoisotopic (exact) mass is 101 g/mol. The fourth-order valence-electron chi connectivity index (χ4n) is 0.421. The lowest BCUT2D eigenvalue weighted by Crippen LogP contribution is -2.37. The summed E-state index contributed by atoms with van der Waals surface area (Å²) in [6, 6.07) is 0. The van der Waals surface area contributed by atoms with Gasteiger partial charge in [-0.05, 0) is 6.08 Å². The molecule has 1 aliphatic heterocycles. The van der Waals surface area contributed by atoms with E-state index in [2.05, 4.69) is 0 Å². The molecule has 3 N–H and O–H groups in total. The molecule has 0 atom stereocenters. The SMILES string of the molecule is NN1C=CCN1O. The van der Waals surface area contributed by atoms with Gasteiger partial charge in [0.05, 0.1) is 6.54 Å². The van der Waals surface area contributed by atoms with Crippen LogP contribution in [0.25, 0.3) is 0 Å². The number of rotatable bonds is 0. The van der Waals surface area contributed by atoms with Crippen LogP contribution in [0.1, 0.15) is 0 Å². The van der Waals surface area contributed by atoms with E-state index in [4.69, 9.17) is 11.0 Å². The molecular formula is C3H7N3O. The van der Waals surface area contributed by atoms with Crippen molar-refractivity contribution < 1.29 is 5.21 Å². The van der Waals surface area contributed by atoms with Gasteiger partial charge in [0.2, 0.25) is 0 Å². The van der Waals surface area contributed by atoms with Gasteiger partial charge < -0.3 is 0 Å². The quantitative estimate of drug-likeness (QED) is 0.396. The normalized spacial score (nSPS) is 21.7. The molecule has 0 saturated heterocycles. The lowest BCUT2D eigenvalue weighted by atomic mass is 10.7. The van der Waals surface area contributed by atoms with Crippen LogP contribution in [0.4, 0.5) is 0 Å². The molecule has 0 aromatic heterocycles. The zero-order valence-electron chi connectivity index (χ0n) is 3.78. The molecule has 0 radical (unpaired) electrons. The summed E-state index contributed by atoms with van der Waals surface area (Å²) in [5.41, 5.74) is 0. The second-order valence-corrected chi connectivity index (χ2v) is 1.32. The highest BCUT2D eigenvalue weighted by molar-refractivity contribution is 4.85. The van der Waals surface area contributed by atoms with E-state index in [0.717, 1.165) is 10.3 Å². The molecule has 0 aromatic carbocycles. The fraction of sp³-hybridized carbons (Fsp3) is 0.333. The summed E-state index contributed by atoms with van der Waals surface area (Å²) in [5.74, 6) is 5.10. The lowest BCUT2D eigenvalue weighted by Gasteiger charge is -2.15. The largest absolute Gasteiger partial charge is 0.293 e.